The highest BCUT2D eigenvalue weighted by Crippen LogP contribution is 2.16. The van der Waals surface area contributed by atoms with Crippen LogP contribution in [0, 0.1) is 6.92 Å². The Balaban J connectivity index is 1.54. The molecule has 8 heteroatoms. The summed E-state index contributed by atoms with van der Waals surface area (Å²) in [6.07, 6.45) is 2.07. The van der Waals surface area contributed by atoms with Crippen molar-refractivity contribution in [3.63, 3.8) is 0 Å². The summed E-state index contributed by atoms with van der Waals surface area (Å²) in [4.78, 5) is 24.4. The lowest BCUT2D eigenvalue weighted by Gasteiger charge is -2.14. The van der Waals surface area contributed by atoms with E-state index in [2.05, 4.69) is 21.1 Å². The largest absolute Gasteiger partial charge is 0.376 e. The van der Waals surface area contributed by atoms with Crippen molar-refractivity contribution in [2.45, 2.75) is 25.9 Å². The minimum Gasteiger partial charge on any atom is -0.376 e. The van der Waals surface area contributed by atoms with Gasteiger partial charge in [-0.1, -0.05) is 17.3 Å². The number of nitrogens with zero attached hydrogens (tertiary/aromatic N) is 1. The normalized spacial score (nSPS) is 16.3. The van der Waals surface area contributed by atoms with Crippen LogP contribution in [0.3, 0.4) is 0 Å². The second-order valence-electron chi connectivity index (χ2n) is 6.12. The third kappa shape index (κ3) is 4.82. The molecule has 138 valence electrons. The predicted molar refractivity (Wildman–Crippen MR) is 96.1 cm³/mol. The third-order valence-corrected chi connectivity index (χ3v) is 4.02. The highest BCUT2D eigenvalue weighted by Gasteiger charge is 2.18. The maximum atomic E-state index is 12.4. The molecule has 0 aliphatic carbocycles. The van der Waals surface area contributed by atoms with E-state index < -0.39 is 0 Å². The monoisotopic (exact) mass is 358 g/mol. The second-order valence-corrected chi connectivity index (χ2v) is 6.12. The van der Waals surface area contributed by atoms with E-state index in [0.717, 1.165) is 19.4 Å². The Morgan fingerprint density at radius 3 is 2.88 bits per heavy atom. The maximum Gasteiger partial charge on any atom is 0.253 e. The van der Waals surface area contributed by atoms with E-state index in [4.69, 9.17) is 9.26 Å². The predicted octanol–water partition coefficient (Wildman–Crippen LogP) is 1.94. The quantitative estimate of drug-likeness (QED) is 0.698. The Morgan fingerprint density at radius 2 is 2.15 bits per heavy atom. The molecule has 1 aromatic heterocycles. The number of hydrogen-bond acceptors (Lipinski definition) is 6. The van der Waals surface area contributed by atoms with E-state index in [0.29, 0.717) is 29.4 Å². The number of rotatable bonds is 7. The number of para-hydroxylation sites is 1. The first-order chi connectivity index (χ1) is 12.6. The van der Waals surface area contributed by atoms with Gasteiger partial charge in [0.05, 0.1) is 18.2 Å². The zero-order valence-corrected chi connectivity index (χ0v) is 14.6. The summed E-state index contributed by atoms with van der Waals surface area (Å²) < 4.78 is 10.4. The molecule has 0 spiro atoms. The van der Waals surface area contributed by atoms with E-state index in [1.54, 1.807) is 37.3 Å². The lowest BCUT2D eigenvalue weighted by Crippen LogP contribution is -2.32. The van der Waals surface area contributed by atoms with Gasteiger partial charge in [-0.25, -0.2) is 0 Å². The first kappa shape index (κ1) is 17.9. The number of amides is 2. The van der Waals surface area contributed by atoms with Gasteiger partial charge in [0.25, 0.3) is 5.91 Å². The average Bonchev–Trinajstić information content (AvgIpc) is 3.30. The molecule has 0 saturated carbocycles. The summed E-state index contributed by atoms with van der Waals surface area (Å²) in [6.45, 7) is 2.98. The van der Waals surface area contributed by atoms with E-state index in [1.807, 2.05) is 0 Å². The summed E-state index contributed by atoms with van der Waals surface area (Å²) in [5, 5.41) is 12.2. The van der Waals surface area contributed by atoms with Crippen molar-refractivity contribution in [2.75, 3.05) is 30.3 Å². The molecule has 2 heterocycles. The molecule has 1 atom stereocenters. The fourth-order valence-electron chi connectivity index (χ4n) is 2.73. The van der Waals surface area contributed by atoms with E-state index >= 15 is 0 Å². The van der Waals surface area contributed by atoms with Crippen molar-refractivity contribution < 1.29 is 18.8 Å². The summed E-state index contributed by atoms with van der Waals surface area (Å²) in [7, 11) is 0. The fraction of sp³-hybridized carbons (Fsp3) is 0.389. The second kappa shape index (κ2) is 8.48. The molecular formula is C18H22N4O4. The van der Waals surface area contributed by atoms with Gasteiger partial charge in [0.2, 0.25) is 5.91 Å². The molecule has 1 aliphatic rings. The molecule has 8 nitrogen and oxygen atoms in total. The minimum atomic E-state index is -0.284. The van der Waals surface area contributed by atoms with Crippen molar-refractivity contribution in [2.24, 2.45) is 0 Å². The van der Waals surface area contributed by atoms with E-state index in [1.165, 1.54) is 0 Å². The molecule has 1 aliphatic heterocycles. The standard InChI is InChI=1S/C18H22N4O4/c1-12-9-16(22-26-12)21-17(23)11-19-15-7-3-2-6-14(15)18(24)20-10-13-5-4-8-25-13/h2-3,6-7,9,13,19H,4-5,8,10-11H2,1H3,(H,20,24)(H,21,22,23). The van der Waals surface area contributed by atoms with Gasteiger partial charge in [0.1, 0.15) is 5.76 Å². The Labute approximate surface area is 151 Å². The number of aryl methyl sites for hydroxylation is 1. The van der Waals surface area contributed by atoms with Crippen LogP contribution in [-0.2, 0) is 9.53 Å². The number of ether oxygens (including phenoxy) is 1. The summed E-state index contributed by atoms with van der Waals surface area (Å²) >= 11 is 0. The van der Waals surface area contributed by atoms with Crippen LogP contribution in [0.25, 0.3) is 0 Å². The van der Waals surface area contributed by atoms with E-state index in [9.17, 15) is 9.59 Å². The van der Waals surface area contributed by atoms with Crippen LogP contribution >= 0.6 is 0 Å². The molecule has 0 radical (unpaired) electrons. The highest BCUT2D eigenvalue weighted by molar-refractivity contribution is 6.00. The Kier molecular flexibility index (Phi) is 5.85. The van der Waals surface area contributed by atoms with Gasteiger partial charge in [-0.05, 0) is 31.9 Å². The lowest BCUT2D eigenvalue weighted by molar-refractivity contribution is -0.114. The van der Waals surface area contributed by atoms with Crippen LogP contribution in [-0.4, -0.2) is 42.8 Å². The van der Waals surface area contributed by atoms with Crippen LogP contribution in [0.15, 0.2) is 34.9 Å². The molecule has 1 unspecified atom stereocenters. The van der Waals surface area contributed by atoms with Gasteiger partial charge in [-0.3, -0.25) is 9.59 Å². The topological polar surface area (TPSA) is 105 Å². The molecular weight excluding hydrogens is 336 g/mol. The molecule has 3 rings (SSSR count). The lowest BCUT2D eigenvalue weighted by atomic mass is 10.1. The van der Waals surface area contributed by atoms with Crippen molar-refractivity contribution in [3.05, 3.63) is 41.7 Å². The molecule has 1 aromatic carbocycles. The Morgan fingerprint density at radius 1 is 1.31 bits per heavy atom. The number of carbonyl (C=O) groups is 2. The number of benzene rings is 1. The number of hydrogen-bond donors (Lipinski definition) is 3. The molecule has 0 bridgehead atoms. The first-order valence-electron chi connectivity index (χ1n) is 8.57. The van der Waals surface area contributed by atoms with E-state index in [-0.39, 0.29) is 24.5 Å². The van der Waals surface area contributed by atoms with Crippen LogP contribution in [0.1, 0.15) is 29.0 Å². The van der Waals surface area contributed by atoms with Crippen LogP contribution < -0.4 is 16.0 Å². The molecule has 26 heavy (non-hydrogen) atoms. The zero-order valence-electron chi connectivity index (χ0n) is 14.6. The molecule has 1 saturated heterocycles. The average molecular weight is 358 g/mol. The summed E-state index contributed by atoms with van der Waals surface area (Å²) in [6, 6.07) is 8.69. The van der Waals surface area contributed by atoms with Crippen molar-refractivity contribution in [1.82, 2.24) is 10.5 Å². The Bertz CT molecular complexity index is 768. The van der Waals surface area contributed by atoms with Crippen molar-refractivity contribution in [3.8, 4) is 0 Å². The van der Waals surface area contributed by atoms with Crippen LogP contribution in [0.2, 0.25) is 0 Å². The SMILES string of the molecule is Cc1cc(NC(=O)CNc2ccccc2C(=O)NCC2CCCO2)no1. The number of carbonyl (C=O) groups excluding carboxylic acids is 2. The van der Waals surface area contributed by atoms with Gasteiger partial charge in [0.15, 0.2) is 5.82 Å². The van der Waals surface area contributed by atoms with Crippen molar-refractivity contribution >= 4 is 23.3 Å². The Hall–Kier alpha value is -2.87. The number of nitrogens with one attached hydrogen (secondary N) is 3. The highest BCUT2D eigenvalue weighted by atomic mass is 16.5. The fourth-order valence-corrected chi connectivity index (χ4v) is 2.73. The zero-order chi connectivity index (χ0) is 18.4. The summed E-state index contributed by atoms with van der Waals surface area (Å²) in [5.41, 5.74) is 1.07. The summed E-state index contributed by atoms with van der Waals surface area (Å²) in [5.74, 6) is 0.488. The van der Waals surface area contributed by atoms with Gasteiger partial charge >= 0.3 is 0 Å². The van der Waals surface area contributed by atoms with Crippen LogP contribution in [0.4, 0.5) is 11.5 Å². The van der Waals surface area contributed by atoms with Gasteiger partial charge in [0, 0.05) is 24.9 Å². The van der Waals surface area contributed by atoms with Gasteiger partial charge in [-0.2, -0.15) is 0 Å². The number of anilines is 2. The third-order valence-electron chi connectivity index (χ3n) is 4.02. The minimum absolute atomic E-state index is 0.00192. The molecule has 3 N–H and O–H groups in total. The van der Waals surface area contributed by atoms with Crippen LogP contribution in [0.5, 0.6) is 0 Å². The molecule has 2 amide bonds. The maximum absolute atomic E-state index is 12.4. The van der Waals surface area contributed by atoms with Gasteiger partial charge in [-0.15, -0.1) is 0 Å². The van der Waals surface area contributed by atoms with Crippen molar-refractivity contribution in [1.29, 1.82) is 0 Å². The molecule has 1 fully saturated rings. The smallest absolute Gasteiger partial charge is 0.253 e. The first-order valence-corrected chi connectivity index (χ1v) is 8.57. The van der Waals surface area contributed by atoms with Gasteiger partial charge < -0.3 is 25.2 Å². The molecule has 2 aromatic rings. The number of aromatic nitrogens is 1.